The molecule has 8 nitrogen and oxygen atoms in total. The smallest absolute Gasteiger partial charge is 0.246 e. The van der Waals surface area contributed by atoms with E-state index in [1.54, 1.807) is 4.90 Å². The lowest BCUT2D eigenvalue weighted by Crippen LogP contribution is -2.56. The van der Waals surface area contributed by atoms with Crippen molar-refractivity contribution in [3.63, 3.8) is 0 Å². The second-order valence-corrected chi connectivity index (χ2v) is 12.2. The molecule has 2 aromatic rings. The predicted octanol–water partition coefficient (Wildman–Crippen LogP) is 4.18. The standard InChI is InChI=1S/C29H41N5O3/c1-29(2,3)25(31-17-21(30)18-10-11-18)28(36)34-16-6-8-23(34)26(35)32-20-14-12-19(13-15-20)27-33-22-7-4-5-9-24(22)37-27/h4-5,7,9,17-20,23,25,31H,6,8,10-16,30H2,1-3H3,(H,32,35)/b21-17-/t19-,20-,23-,25+/m0/s1. The summed E-state index contributed by atoms with van der Waals surface area (Å²) in [6, 6.07) is 7.11. The number of nitrogens with one attached hydrogen (secondary N) is 2. The van der Waals surface area contributed by atoms with Gasteiger partial charge in [0.2, 0.25) is 11.8 Å². The van der Waals surface area contributed by atoms with Gasteiger partial charge >= 0.3 is 0 Å². The van der Waals surface area contributed by atoms with Crippen LogP contribution in [0.2, 0.25) is 0 Å². The van der Waals surface area contributed by atoms with Crippen LogP contribution in [0.1, 0.15) is 83.9 Å². The van der Waals surface area contributed by atoms with E-state index < -0.39 is 12.1 Å². The Kier molecular flexibility index (Phi) is 7.19. The van der Waals surface area contributed by atoms with Crippen LogP contribution in [0.15, 0.2) is 40.6 Å². The van der Waals surface area contributed by atoms with Crippen molar-refractivity contribution in [2.24, 2.45) is 17.1 Å². The number of nitrogens with two attached hydrogens (primary N) is 1. The second kappa shape index (κ2) is 10.4. The van der Waals surface area contributed by atoms with E-state index in [-0.39, 0.29) is 29.2 Å². The van der Waals surface area contributed by atoms with Gasteiger partial charge < -0.3 is 25.7 Å². The fraction of sp³-hybridized carbons (Fsp3) is 0.621. The van der Waals surface area contributed by atoms with E-state index in [4.69, 9.17) is 10.2 Å². The van der Waals surface area contributed by atoms with E-state index in [1.807, 2.05) is 51.2 Å². The van der Waals surface area contributed by atoms with Crippen LogP contribution in [0.25, 0.3) is 11.1 Å². The highest BCUT2D eigenvalue weighted by atomic mass is 16.3. The summed E-state index contributed by atoms with van der Waals surface area (Å²) < 4.78 is 5.99. The molecule has 2 amide bonds. The number of fused-ring (bicyclic) bond motifs is 1. The minimum atomic E-state index is -0.440. The van der Waals surface area contributed by atoms with Crippen molar-refractivity contribution in [2.75, 3.05) is 6.54 Å². The molecule has 0 radical (unpaired) electrons. The van der Waals surface area contributed by atoms with Crippen molar-refractivity contribution in [1.29, 1.82) is 0 Å². The van der Waals surface area contributed by atoms with E-state index in [0.29, 0.717) is 18.9 Å². The van der Waals surface area contributed by atoms with Gasteiger partial charge in [0, 0.05) is 30.4 Å². The van der Waals surface area contributed by atoms with Crippen molar-refractivity contribution in [3.8, 4) is 0 Å². The Morgan fingerprint density at radius 1 is 1.11 bits per heavy atom. The van der Waals surface area contributed by atoms with Gasteiger partial charge in [-0.1, -0.05) is 32.9 Å². The number of carbonyl (C=O) groups is 2. The first-order valence-corrected chi connectivity index (χ1v) is 13.9. The Bertz CT molecular complexity index is 1120. The second-order valence-electron chi connectivity index (χ2n) is 12.2. The quantitative estimate of drug-likeness (QED) is 0.518. The number of allylic oxidation sites excluding steroid dienone is 1. The van der Waals surface area contributed by atoms with Crippen molar-refractivity contribution >= 4 is 22.9 Å². The largest absolute Gasteiger partial charge is 0.440 e. The number of rotatable bonds is 7. The molecule has 2 aliphatic carbocycles. The van der Waals surface area contributed by atoms with E-state index in [9.17, 15) is 9.59 Å². The SMILES string of the molecule is CC(C)(C)[C@H](N/C=C(\N)C1CC1)C(=O)N1CCC[C@H]1C(=O)N[C@H]1CC[C@H](c2nc3ccccc3o2)CC1. The number of amides is 2. The summed E-state index contributed by atoms with van der Waals surface area (Å²) in [5, 5.41) is 6.56. The maximum Gasteiger partial charge on any atom is 0.246 e. The molecule has 1 aromatic heterocycles. The van der Waals surface area contributed by atoms with Gasteiger partial charge in [0.05, 0.1) is 0 Å². The van der Waals surface area contributed by atoms with E-state index >= 15 is 0 Å². The zero-order valence-corrected chi connectivity index (χ0v) is 22.3. The minimum absolute atomic E-state index is 0.0235. The lowest BCUT2D eigenvalue weighted by molar-refractivity contribution is -0.142. The van der Waals surface area contributed by atoms with E-state index in [0.717, 1.165) is 67.6 Å². The number of aromatic nitrogens is 1. The third-order valence-electron chi connectivity index (χ3n) is 8.15. The summed E-state index contributed by atoms with van der Waals surface area (Å²) in [6.45, 7) is 6.75. The Labute approximate surface area is 219 Å². The molecule has 2 heterocycles. The molecule has 37 heavy (non-hydrogen) atoms. The van der Waals surface area contributed by atoms with Crippen molar-refractivity contribution in [1.82, 2.24) is 20.5 Å². The molecule has 2 saturated carbocycles. The monoisotopic (exact) mass is 507 g/mol. The normalized spacial score (nSPS) is 25.8. The third-order valence-corrected chi connectivity index (χ3v) is 8.15. The molecule has 1 saturated heterocycles. The zero-order chi connectivity index (χ0) is 26.2. The maximum atomic E-state index is 13.7. The molecular weight excluding hydrogens is 466 g/mol. The molecule has 3 aliphatic rings. The summed E-state index contributed by atoms with van der Waals surface area (Å²) in [6.07, 6.45) is 9.20. The molecule has 200 valence electrons. The van der Waals surface area contributed by atoms with Crippen LogP contribution in [0.5, 0.6) is 0 Å². The number of hydrogen-bond donors (Lipinski definition) is 3. The topological polar surface area (TPSA) is 113 Å². The number of carbonyl (C=O) groups excluding carboxylic acids is 2. The van der Waals surface area contributed by atoms with Crippen LogP contribution in [0.3, 0.4) is 0 Å². The Balaban J connectivity index is 1.17. The highest BCUT2D eigenvalue weighted by molar-refractivity contribution is 5.91. The molecule has 0 spiro atoms. The van der Waals surface area contributed by atoms with Crippen LogP contribution in [0.4, 0.5) is 0 Å². The first-order valence-electron chi connectivity index (χ1n) is 13.9. The summed E-state index contributed by atoms with van der Waals surface area (Å²) >= 11 is 0. The highest BCUT2D eigenvalue weighted by Gasteiger charge is 2.41. The number of para-hydroxylation sites is 2. The van der Waals surface area contributed by atoms with Crippen LogP contribution < -0.4 is 16.4 Å². The van der Waals surface area contributed by atoms with Gasteiger partial charge in [-0.15, -0.1) is 0 Å². The molecule has 4 N–H and O–H groups in total. The fourth-order valence-corrected chi connectivity index (χ4v) is 5.72. The van der Waals surface area contributed by atoms with Crippen LogP contribution in [-0.2, 0) is 9.59 Å². The average Bonchev–Trinajstić information content (AvgIpc) is 3.44. The molecule has 2 atom stereocenters. The fourth-order valence-electron chi connectivity index (χ4n) is 5.72. The number of nitrogens with zero attached hydrogens (tertiary/aromatic N) is 2. The van der Waals surface area contributed by atoms with Gasteiger partial charge in [-0.25, -0.2) is 4.98 Å². The van der Waals surface area contributed by atoms with Gasteiger partial charge in [0.15, 0.2) is 11.5 Å². The number of benzene rings is 1. The van der Waals surface area contributed by atoms with Crippen LogP contribution in [0, 0.1) is 11.3 Å². The highest BCUT2D eigenvalue weighted by Crippen LogP contribution is 2.35. The Morgan fingerprint density at radius 2 is 1.84 bits per heavy atom. The van der Waals surface area contributed by atoms with Crippen molar-refractivity contribution in [2.45, 2.75) is 96.2 Å². The third kappa shape index (κ3) is 5.78. The summed E-state index contributed by atoms with van der Waals surface area (Å²) in [4.78, 5) is 33.5. The van der Waals surface area contributed by atoms with Gasteiger partial charge in [-0.2, -0.15) is 0 Å². The van der Waals surface area contributed by atoms with Crippen LogP contribution >= 0.6 is 0 Å². The van der Waals surface area contributed by atoms with Crippen molar-refractivity contribution < 1.29 is 14.0 Å². The molecule has 5 rings (SSSR count). The number of likely N-dealkylation sites (tertiary alicyclic amines) is 1. The minimum Gasteiger partial charge on any atom is -0.440 e. The lowest BCUT2D eigenvalue weighted by atomic mass is 9.85. The lowest BCUT2D eigenvalue weighted by Gasteiger charge is -2.36. The summed E-state index contributed by atoms with van der Waals surface area (Å²) in [5.74, 6) is 1.46. The van der Waals surface area contributed by atoms with Crippen molar-refractivity contribution in [3.05, 3.63) is 42.1 Å². The zero-order valence-electron chi connectivity index (χ0n) is 22.3. The first kappa shape index (κ1) is 25.6. The van der Waals surface area contributed by atoms with Gasteiger partial charge in [0.25, 0.3) is 0 Å². The number of oxazole rings is 1. The molecule has 1 aliphatic heterocycles. The molecule has 1 aromatic carbocycles. The summed E-state index contributed by atoms with van der Waals surface area (Å²) in [5.41, 5.74) is 8.39. The molecule has 3 fully saturated rings. The number of hydrogen-bond acceptors (Lipinski definition) is 6. The van der Waals surface area contributed by atoms with E-state index in [2.05, 4.69) is 15.6 Å². The predicted molar refractivity (Wildman–Crippen MR) is 143 cm³/mol. The van der Waals surface area contributed by atoms with Gasteiger partial charge in [-0.3, -0.25) is 9.59 Å². The van der Waals surface area contributed by atoms with E-state index in [1.165, 1.54) is 0 Å². The molecule has 0 unspecified atom stereocenters. The van der Waals surface area contributed by atoms with Crippen LogP contribution in [-0.4, -0.2) is 46.4 Å². The molecular formula is C29H41N5O3. The maximum absolute atomic E-state index is 13.7. The Morgan fingerprint density at radius 3 is 2.51 bits per heavy atom. The molecule has 8 heteroatoms. The van der Waals surface area contributed by atoms with Gasteiger partial charge in [-0.05, 0) is 74.8 Å². The van der Waals surface area contributed by atoms with Gasteiger partial charge in [0.1, 0.15) is 17.6 Å². The molecule has 0 bridgehead atoms. The summed E-state index contributed by atoms with van der Waals surface area (Å²) in [7, 11) is 0. The average molecular weight is 508 g/mol. The first-order chi connectivity index (χ1) is 17.7. The Hall–Kier alpha value is -3.03.